The number of ether oxygens (including phenoxy) is 2. The zero-order valence-electron chi connectivity index (χ0n) is 17.3. The van der Waals surface area contributed by atoms with Gasteiger partial charge in [-0.15, -0.1) is 0 Å². The van der Waals surface area contributed by atoms with Crippen molar-refractivity contribution in [2.45, 2.75) is 78.2 Å². The van der Waals surface area contributed by atoms with Gasteiger partial charge >= 0.3 is 11.9 Å². The van der Waals surface area contributed by atoms with Gasteiger partial charge in [-0.3, -0.25) is 4.79 Å². The monoisotopic (exact) mass is 388 g/mol. The van der Waals surface area contributed by atoms with E-state index in [-0.39, 0.29) is 23.5 Å². The first-order valence-corrected chi connectivity index (χ1v) is 10.9. The molecule has 6 atom stereocenters. The quantitative estimate of drug-likeness (QED) is 0.528. The number of carbonyl (C=O) groups is 3. The second-order valence-corrected chi connectivity index (χ2v) is 9.71. The minimum Gasteiger partial charge on any atom is -0.458 e. The van der Waals surface area contributed by atoms with Crippen LogP contribution in [0.2, 0.25) is 0 Å². The Hall–Kier alpha value is -1.65. The molecule has 0 N–H and O–H groups in total. The van der Waals surface area contributed by atoms with Gasteiger partial charge in [0.25, 0.3) is 0 Å². The van der Waals surface area contributed by atoms with Crippen molar-refractivity contribution < 1.29 is 23.9 Å². The number of fused-ring (bicyclic) bond motifs is 5. The van der Waals surface area contributed by atoms with Crippen LogP contribution in [0.1, 0.15) is 72.1 Å². The Labute approximate surface area is 167 Å². The van der Waals surface area contributed by atoms with Crippen LogP contribution in [0.5, 0.6) is 0 Å². The molecule has 28 heavy (non-hydrogen) atoms. The first kappa shape index (κ1) is 19.7. The lowest BCUT2D eigenvalue weighted by atomic mass is 9.47. The van der Waals surface area contributed by atoms with Crippen molar-refractivity contribution in [3.8, 4) is 0 Å². The van der Waals surface area contributed by atoms with E-state index in [0.29, 0.717) is 30.0 Å². The highest BCUT2D eigenvalue weighted by molar-refractivity contribution is 6.29. The van der Waals surface area contributed by atoms with Crippen LogP contribution in [0, 0.1) is 28.6 Å². The van der Waals surface area contributed by atoms with Gasteiger partial charge in [-0.05, 0) is 81.1 Å². The van der Waals surface area contributed by atoms with Crippen LogP contribution in [-0.4, -0.2) is 30.4 Å². The first-order valence-electron chi connectivity index (χ1n) is 10.9. The van der Waals surface area contributed by atoms with Gasteiger partial charge in [-0.1, -0.05) is 19.4 Å². The maximum absolute atomic E-state index is 12.1. The van der Waals surface area contributed by atoms with Crippen LogP contribution in [-0.2, 0) is 23.9 Å². The Morgan fingerprint density at radius 1 is 1.04 bits per heavy atom. The molecule has 4 aliphatic carbocycles. The molecule has 4 rings (SSSR count). The Bertz CT molecular complexity index is 725. The summed E-state index contributed by atoms with van der Waals surface area (Å²) in [5, 5.41) is 0. The normalized spacial score (nSPS) is 42.0. The lowest BCUT2D eigenvalue weighted by molar-refractivity contribution is -0.176. The van der Waals surface area contributed by atoms with Crippen molar-refractivity contribution >= 4 is 17.7 Å². The largest absolute Gasteiger partial charge is 0.458 e. The van der Waals surface area contributed by atoms with E-state index in [1.54, 1.807) is 6.92 Å². The zero-order chi connectivity index (χ0) is 20.1. The summed E-state index contributed by atoms with van der Waals surface area (Å²) < 4.78 is 10.5. The van der Waals surface area contributed by atoms with Crippen LogP contribution < -0.4 is 0 Å². The molecule has 3 fully saturated rings. The van der Waals surface area contributed by atoms with E-state index in [9.17, 15) is 14.4 Å². The average Bonchev–Trinajstić information content (AvgIpc) is 2.99. The summed E-state index contributed by atoms with van der Waals surface area (Å²) >= 11 is 0. The SMILES string of the molecule is CCOC(=O)C(=O)O[C@H]1CC[C@@H]2[C@@H]3CCC4=CC(=O)CC[C@]4(C)[C@@H]3CC[C@]12C. The molecule has 0 aliphatic heterocycles. The molecule has 0 heterocycles. The molecule has 5 heteroatoms. The molecule has 5 nitrogen and oxygen atoms in total. The number of ketones is 1. The molecular formula is C23H32O5. The highest BCUT2D eigenvalue weighted by Crippen LogP contribution is 2.65. The molecule has 0 unspecified atom stereocenters. The van der Waals surface area contributed by atoms with Crippen molar-refractivity contribution in [3.63, 3.8) is 0 Å². The summed E-state index contributed by atoms with van der Waals surface area (Å²) in [6.07, 6.45) is 9.51. The van der Waals surface area contributed by atoms with Gasteiger partial charge < -0.3 is 9.47 Å². The molecule has 0 radical (unpaired) electrons. The molecule has 0 bridgehead atoms. The van der Waals surface area contributed by atoms with E-state index >= 15 is 0 Å². The smallest absolute Gasteiger partial charge is 0.417 e. The summed E-state index contributed by atoms with van der Waals surface area (Å²) in [5.74, 6) is 0.303. The Kier molecular flexibility index (Phi) is 4.91. The third-order valence-electron chi connectivity index (χ3n) is 8.57. The van der Waals surface area contributed by atoms with Crippen molar-refractivity contribution in [1.29, 1.82) is 0 Å². The summed E-state index contributed by atoms with van der Waals surface area (Å²) in [5.41, 5.74) is 1.46. The molecule has 0 aromatic carbocycles. The molecule has 3 saturated carbocycles. The third kappa shape index (κ3) is 2.93. The second-order valence-electron chi connectivity index (χ2n) is 9.71. The predicted molar refractivity (Wildman–Crippen MR) is 103 cm³/mol. The summed E-state index contributed by atoms with van der Waals surface area (Å²) in [6, 6.07) is 0. The van der Waals surface area contributed by atoms with Crippen molar-refractivity contribution in [1.82, 2.24) is 0 Å². The summed E-state index contributed by atoms with van der Waals surface area (Å²) in [6.45, 7) is 6.49. The Morgan fingerprint density at radius 2 is 1.82 bits per heavy atom. The van der Waals surface area contributed by atoms with Gasteiger partial charge in [-0.2, -0.15) is 0 Å². The van der Waals surface area contributed by atoms with Crippen LogP contribution in [0.15, 0.2) is 11.6 Å². The molecule has 154 valence electrons. The first-order chi connectivity index (χ1) is 13.3. The topological polar surface area (TPSA) is 69.7 Å². The average molecular weight is 389 g/mol. The molecule has 0 spiro atoms. The Balaban J connectivity index is 1.52. The maximum atomic E-state index is 12.1. The number of allylic oxidation sites excluding steroid dienone is 1. The lowest BCUT2D eigenvalue weighted by Gasteiger charge is -2.57. The van der Waals surface area contributed by atoms with Gasteiger partial charge in [0.2, 0.25) is 0 Å². The summed E-state index contributed by atoms with van der Waals surface area (Å²) in [7, 11) is 0. The number of hydrogen-bond donors (Lipinski definition) is 0. The fraction of sp³-hybridized carbons (Fsp3) is 0.783. The van der Waals surface area contributed by atoms with Crippen molar-refractivity contribution in [2.24, 2.45) is 28.6 Å². The summed E-state index contributed by atoms with van der Waals surface area (Å²) in [4.78, 5) is 35.8. The standard InChI is InChI=1S/C23H32O5/c1-4-27-20(25)21(26)28-19-8-7-17-16-6-5-14-13-15(24)9-11-22(14,2)18(16)10-12-23(17,19)3/h13,16-19H,4-12H2,1-3H3/t16-,17+,18+,19-,22-,23-/m0/s1. The lowest BCUT2D eigenvalue weighted by Crippen LogP contribution is -2.51. The number of esters is 2. The van der Waals surface area contributed by atoms with Gasteiger partial charge in [0.15, 0.2) is 5.78 Å². The molecule has 0 aromatic heterocycles. The van der Waals surface area contributed by atoms with Gasteiger partial charge in [0.1, 0.15) is 6.10 Å². The molecule has 0 saturated heterocycles. The van der Waals surface area contributed by atoms with E-state index in [0.717, 1.165) is 44.9 Å². The van der Waals surface area contributed by atoms with Crippen LogP contribution >= 0.6 is 0 Å². The minimum absolute atomic E-state index is 0.0641. The number of rotatable bonds is 2. The Morgan fingerprint density at radius 3 is 2.57 bits per heavy atom. The second kappa shape index (κ2) is 7.00. The van der Waals surface area contributed by atoms with Crippen LogP contribution in [0.25, 0.3) is 0 Å². The maximum Gasteiger partial charge on any atom is 0.417 e. The fourth-order valence-electron chi connectivity index (χ4n) is 7.07. The van der Waals surface area contributed by atoms with E-state index < -0.39 is 11.9 Å². The molecular weight excluding hydrogens is 356 g/mol. The zero-order valence-corrected chi connectivity index (χ0v) is 17.3. The van der Waals surface area contributed by atoms with Crippen molar-refractivity contribution in [2.75, 3.05) is 6.61 Å². The van der Waals surface area contributed by atoms with E-state index in [4.69, 9.17) is 9.47 Å². The van der Waals surface area contributed by atoms with Gasteiger partial charge in [-0.25, -0.2) is 9.59 Å². The molecule has 0 aromatic rings. The van der Waals surface area contributed by atoms with Crippen molar-refractivity contribution in [3.05, 3.63) is 11.6 Å². The highest BCUT2D eigenvalue weighted by Gasteiger charge is 2.60. The van der Waals surface area contributed by atoms with Gasteiger partial charge in [0, 0.05) is 11.8 Å². The van der Waals surface area contributed by atoms with E-state index in [1.807, 2.05) is 6.08 Å². The van der Waals surface area contributed by atoms with E-state index in [2.05, 4.69) is 13.8 Å². The van der Waals surface area contributed by atoms with Crippen LogP contribution in [0.4, 0.5) is 0 Å². The minimum atomic E-state index is -0.880. The fourth-order valence-corrected chi connectivity index (χ4v) is 7.07. The number of hydrogen-bond acceptors (Lipinski definition) is 5. The molecule has 0 amide bonds. The number of carbonyl (C=O) groups excluding carboxylic acids is 3. The van der Waals surface area contributed by atoms with E-state index in [1.165, 1.54) is 5.57 Å². The third-order valence-corrected chi connectivity index (χ3v) is 8.57. The van der Waals surface area contributed by atoms with Gasteiger partial charge in [0.05, 0.1) is 6.61 Å². The molecule has 4 aliphatic rings. The highest BCUT2D eigenvalue weighted by atomic mass is 16.6. The van der Waals surface area contributed by atoms with Crippen LogP contribution in [0.3, 0.4) is 0 Å². The predicted octanol–water partition coefficient (Wildman–Crippen LogP) is 3.99.